The van der Waals surface area contributed by atoms with E-state index < -0.39 is 0 Å². The predicted octanol–water partition coefficient (Wildman–Crippen LogP) is 5.13. The zero-order valence-electron chi connectivity index (χ0n) is 18.7. The highest BCUT2D eigenvalue weighted by atomic mass is 16.5. The molecule has 1 spiro atoms. The third-order valence-electron chi connectivity index (χ3n) is 6.69. The average Bonchev–Trinajstić information content (AvgIpc) is 2.76. The van der Waals surface area contributed by atoms with E-state index in [1.807, 2.05) is 32.2 Å². The minimum atomic E-state index is -0.301. The van der Waals surface area contributed by atoms with Crippen LogP contribution in [0.4, 0.5) is 0 Å². The molecule has 31 heavy (non-hydrogen) atoms. The number of allylic oxidation sites excluding steroid dienone is 4. The zero-order valence-corrected chi connectivity index (χ0v) is 18.7. The maximum Gasteiger partial charge on any atom is 0.139 e. The molecule has 4 rings (SSSR count). The number of ether oxygens (including phenoxy) is 1. The van der Waals surface area contributed by atoms with Crippen molar-refractivity contribution in [3.63, 3.8) is 0 Å². The lowest BCUT2D eigenvalue weighted by Crippen LogP contribution is -2.64. The van der Waals surface area contributed by atoms with Gasteiger partial charge < -0.3 is 4.74 Å². The summed E-state index contributed by atoms with van der Waals surface area (Å²) in [4.78, 5) is 10.5. The van der Waals surface area contributed by atoms with Crippen LogP contribution in [0, 0.1) is 5.92 Å². The fourth-order valence-electron chi connectivity index (χ4n) is 5.55. The van der Waals surface area contributed by atoms with Gasteiger partial charge in [0.15, 0.2) is 0 Å². The van der Waals surface area contributed by atoms with Gasteiger partial charge in [-0.05, 0) is 45.0 Å². The molecule has 1 fully saturated rings. The Kier molecular flexibility index (Phi) is 5.67. The number of hydrogen-bond donors (Lipinski definition) is 1. The number of hydrogen-bond acceptors (Lipinski definition) is 4. The van der Waals surface area contributed by atoms with Gasteiger partial charge in [0.1, 0.15) is 12.5 Å². The van der Waals surface area contributed by atoms with E-state index in [-0.39, 0.29) is 23.4 Å². The summed E-state index contributed by atoms with van der Waals surface area (Å²) in [5, 5.41) is 3.01. The van der Waals surface area contributed by atoms with Crippen molar-refractivity contribution in [1.82, 2.24) is 5.32 Å². The van der Waals surface area contributed by atoms with Crippen molar-refractivity contribution in [3.8, 4) is 0 Å². The van der Waals surface area contributed by atoms with Crippen molar-refractivity contribution in [3.05, 3.63) is 96.3 Å². The van der Waals surface area contributed by atoms with Gasteiger partial charge in [0.05, 0.1) is 23.0 Å². The molecule has 1 saturated carbocycles. The Balaban J connectivity index is 1.83. The lowest BCUT2D eigenvalue weighted by Gasteiger charge is -2.60. The summed E-state index contributed by atoms with van der Waals surface area (Å²) < 4.78 is 5.81. The molecule has 4 heteroatoms. The van der Waals surface area contributed by atoms with Gasteiger partial charge in [-0.3, -0.25) is 15.3 Å². The maximum absolute atomic E-state index is 5.81. The second-order valence-electron chi connectivity index (χ2n) is 8.42. The lowest BCUT2D eigenvalue weighted by molar-refractivity contribution is 0.0910. The Labute approximate surface area is 185 Å². The van der Waals surface area contributed by atoms with E-state index in [0.717, 1.165) is 29.0 Å². The molecule has 0 radical (unpaired) electrons. The highest BCUT2D eigenvalue weighted by Crippen LogP contribution is 2.61. The molecule has 0 saturated heterocycles. The summed E-state index contributed by atoms with van der Waals surface area (Å²) in [6.45, 7) is 16.9. The van der Waals surface area contributed by atoms with Gasteiger partial charge in [-0.1, -0.05) is 55.1 Å². The molecule has 4 nitrogen and oxygen atoms in total. The Hall–Kier alpha value is -2.98. The first-order valence-electron chi connectivity index (χ1n) is 10.8. The van der Waals surface area contributed by atoms with Gasteiger partial charge in [0.2, 0.25) is 0 Å². The maximum atomic E-state index is 5.81. The standard InChI is InChI=1S/C27H31N3O/c1-7-12-23-24(18(5)31-16-28-6)17(4)15-27(30-23)21(8-2)26-25(27)20-14-11-10-13-19(20)22(9-3)29-26/h7-14,21,25-26,28H,2-3,5,15-16H2,1,4,6H3/b12-7+. The highest BCUT2D eigenvalue weighted by molar-refractivity contribution is 6.13. The summed E-state index contributed by atoms with van der Waals surface area (Å²) in [7, 11) is 1.85. The zero-order chi connectivity index (χ0) is 22.2. The molecule has 2 heterocycles. The largest absolute Gasteiger partial charge is 0.478 e. The second-order valence-corrected chi connectivity index (χ2v) is 8.42. The Morgan fingerprint density at radius 3 is 2.74 bits per heavy atom. The van der Waals surface area contributed by atoms with Gasteiger partial charge >= 0.3 is 0 Å². The SMILES string of the molecule is C=CC1=NC2C(C=C)C3(CC(C)=C(C(=C)OCNC)C(/C=C/C)=N3)C2c2ccccc21. The molecule has 1 aromatic rings. The molecular formula is C27H31N3O. The quantitative estimate of drug-likeness (QED) is 0.383. The van der Waals surface area contributed by atoms with Gasteiger partial charge in [-0.2, -0.15) is 0 Å². The van der Waals surface area contributed by atoms with E-state index in [1.54, 1.807) is 0 Å². The summed E-state index contributed by atoms with van der Waals surface area (Å²) in [6.07, 6.45) is 8.83. The van der Waals surface area contributed by atoms with Crippen LogP contribution in [0.5, 0.6) is 0 Å². The molecular weight excluding hydrogens is 382 g/mol. The first kappa shape index (κ1) is 21.3. The van der Waals surface area contributed by atoms with Crippen LogP contribution in [0.2, 0.25) is 0 Å². The van der Waals surface area contributed by atoms with Crippen LogP contribution in [-0.2, 0) is 4.74 Å². The number of nitrogens with one attached hydrogen (secondary N) is 1. The van der Waals surface area contributed by atoms with Crippen molar-refractivity contribution in [2.45, 2.75) is 37.8 Å². The van der Waals surface area contributed by atoms with Gasteiger partial charge in [0, 0.05) is 23.0 Å². The number of dihydropyridines is 1. The number of fused-ring (bicyclic) bond motifs is 4. The Bertz CT molecular complexity index is 1060. The minimum absolute atomic E-state index is 0.133. The number of aliphatic imine (C=N–C) groups is 2. The monoisotopic (exact) mass is 413 g/mol. The van der Waals surface area contributed by atoms with Crippen LogP contribution >= 0.6 is 0 Å². The number of nitrogens with zero attached hydrogens (tertiary/aromatic N) is 2. The van der Waals surface area contributed by atoms with E-state index in [0.29, 0.717) is 12.5 Å². The predicted molar refractivity (Wildman–Crippen MR) is 130 cm³/mol. The molecule has 0 amide bonds. The van der Waals surface area contributed by atoms with Crippen LogP contribution in [0.25, 0.3) is 0 Å². The first-order chi connectivity index (χ1) is 15.0. The summed E-state index contributed by atoms with van der Waals surface area (Å²) in [6, 6.07) is 8.67. The third-order valence-corrected chi connectivity index (χ3v) is 6.69. The van der Waals surface area contributed by atoms with E-state index in [1.165, 1.54) is 11.1 Å². The molecule has 1 aliphatic carbocycles. The van der Waals surface area contributed by atoms with E-state index in [2.05, 4.69) is 62.3 Å². The second kappa shape index (κ2) is 8.27. The normalized spacial score (nSPS) is 28.9. The highest BCUT2D eigenvalue weighted by Gasteiger charge is 2.64. The molecule has 160 valence electrons. The molecule has 0 bridgehead atoms. The summed E-state index contributed by atoms with van der Waals surface area (Å²) in [5.74, 6) is 1.02. The van der Waals surface area contributed by atoms with E-state index in [9.17, 15) is 0 Å². The fourth-order valence-corrected chi connectivity index (χ4v) is 5.55. The molecule has 1 aromatic carbocycles. The van der Waals surface area contributed by atoms with Crippen LogP contribution in [0.15, 0.2) is 95.2 Å². The van der Waals surface area contributed by atoms with Crippen LogP contribution in [0.1, 0.15) is 37.3 Å². The van der Waals surface area contributed by atoms with Crippen molar-refractivity contribution in [1.29, 1.82) is 0 Å². The molecule has 4 unspecified atom stereocenters. The molecule has 3 aliphatic rings. The van der Waals surface area contributed by atoms with Crippen molar-refractivity contribution < 1.29 is 4.74 Å². The lowest BCUT2D eigenvalue weighted by atomic mass is 9.49. The average molecular weight is 414 g/mol. The molecule has 1 N–H and O–H groups in total. The number of rotatable bonds is 7. The third kappa shape index (κ3) is 3.17. The van der Waals surface area contributed by atoms with Gasteiger partial charge in [-0.25, -0.2) is 0 Å². The van der Waals surface area contributed by atoms with E-state index in [4.69, 9.17) is 14.7 Å². The van der Waals surface area contributed by atoms with Crippen LogP contribution in [-0.4, -0.2) is 36.8 Å². The smallest absolute Gasteiger partial charge is 0.139 e. The molecule has 2 aliphatic heterocycles. The first-order valence-corrected chi connectivity index (χ1v) is 10.8. The Morgan fingerprint density at radius 2 is 2.06 bits per heavy atom. The molecule has 4 atom stereocenters. The fraction of sp³-hybridized carbons (Fsp3) is 0.333. The Morgan fingerprint density at radius 1 is 1.29 bits per heavy atom. The van der Waals surface area contributed by atoms with Crippen LogP contribution < -0.4 is 5.32 Å². The van der Waals surface area contributed by atoms with Gasteiger partial charge in [0.25, 0.3) is 0 Å². The number of benzene rings is 1. The minimum Gasteiger partial charge on any atom is -0.478 e. The van der Waals surface area contributed by atoms with Gasteiger partial charge in [-0.15, -0.1) is 6.58 Å². The van der Waals surface area contributed by atoms with Crippen molar-refractivity contribution >= 4 is 11.4 Å². The summed E-state index contributed by atoms with van der Waals surface area (Å²) in [5.41, 5.74) is 6.31. The van der Waals surface area contributed by atoms with Crippen molar-refractivity contribution in [2.24, 2.45) is 15.9 Å². The van der Waals surface area contributed by atoms with Crippen molar-refractivity contribution in [2.75, 3.05) is 13.8 Å². The molecule has 0 aromatic heterocycles. The topological polar surface area (TPSA) is 46.0 Å². The van der Waals surface area contributed by atoms with E-state index >= 15 is 0 Å². The summed E-state index contributed by atoms with van der Waals surface area (Å²) >= 11 is 0. The van der Waals surface area contributed by atoms with Crippen LogP contribution in [0.3, 0.4) is 0 Å².